The minimum atomic E-state index is -1.04. The molecule has 0 heterocycles. The van der Waals surface area contributed by atoms with Gasteiger partial charge in [-0.25, -0.2) is 4.79 Å². The fraction of sp³-hybridized carbons (Fsp3) is 0.267. The summed E-state index contributed by atoms with van der Waals surface area (Å²) in [7, 11) is 0. The summed E-state index contributed by atoms with van der Waals surface area (Å²) in [5, 5.41) is 0. The predicted octanol–water partition coefficient (Wildman–Crippen LogP) is 6.31. The maximum atomic E-state index is 12.4. The van der Waals surface area contributed by atoms with E-state index in [1.807, 2.05) is 72.8 Å². The highest BCUT2D eigenvalue weighted by atomic mass is 16.6. The van der Waals surface area contributed by atoms with Crippen LogP contribution in [0.2, 0.25) is 0 Å². The van der Waals surface area contributed by atoms with Crippen molar-refractivity contribution >= 4 is 17.8 Å². The molecule has 0 saturated heterocycles. The van der Waals surface area contributed by atoms with E-state index in [2.05, 4.69) is 0 Å². The van der Waals surface area contributed by atoms with Gasteiger partial charge in [-0.05, 0) is 87.2 Å². The zero-order chi connectivity index (χ0) is 25.1. The third-order valence-corrected chi connectivity index (χ3v) is 5.31. The van der Waals surface area contributed by atoms with Crippen molar-refractivity contribution in [1.82, 2.24) is 0 Å². The van der Waals surface area contributed by atoms with Gasteiger partial charge < -0.3 is 14.2 Å². The van der Waals surface area contributed by atoms with Crippen LogP contribution in [0, 0.1) is 0 Å². The van der Waals surface area contributed by atoms with Crippen LogP contribution in [0.15, 0.2) is 84.9 Å². The average molecular weight is 473 g/mol. The Bertz CT molecular complexity index is 1110. The molecule has 0 aliphatic rings. The van der Waals surface area contributed by atoms with Crippen molar-refractivity contribution in [3.63, 3.8) is 0 Å². The lowest BCUT2D eigenvalue weighted by molar-refractivity contribution is -0.158. The smallest absolute Gasteiger partial charge is 0.349 e. The third kappa shape index (κ3) is 8.14. The molecule has 0 radical (unpaired) electrons. The highest BCUT2D eigenvalue weighted by Crippen LogP contribution is 2.21. The Morgan fingerprint density at radius 1 is 0.857 bits per heavy atom. The first-order valence-corrected chi connectivity index (χ1v) is 11.8. The van der Waals surface area contributed by atoms with Crippen LogP contribution in [0.5, 0.6) is 11.5 Å². The molecule has 5 nitrogen and oxygen atoms in total. The van der Waals surface area contributed by atoms with Crippen LogP contribution in [0.25, 0.3) is 6.08 Å². The maximum Gasteiger partial charge on any atom is 0.349 e. The standard InChI is InChI=1S/C30H32O5/c1-4-33-29(32)30(2,3)35-27-17-12-24(13-18-27)11-8-22-34-26-19-15-25(16-20-26)28(31)21-14-23-9-6-5-7-10-23/h5-7,9-10,12-21H,4,8,11,22H2,1-3H3/b21-14+. The summed E-state index contributed by atoms with van der Waals surface area (Å²) in [5.41, 5.74) is 1.73. The quantitative estimate of drug-likeness (QED) is 0.134. The first-order valence-electron chi connectivity index (χ1n) is 11.8. The third-order valence-electron chi connectivity index (χ3n) is 5.31. The molecule has 35 heavy (non-hydrogen) atoms. The SMILES string of the molecule is CCOC(=O)C(C)(C)Oc1ccc(CCCOc2ccc(C(=O)/C=C/c3ccccc3)cc2)cc1. The number of esters is 1. The number of rotatable bonds is 12. The van der Waals surface area contributed by atoms with Gasteiger partial charge in [-0.15, -0.1) is 0 Å². The molecule has 5 heteroatoms. The second kappa shape index (κ2) is 12.6. The molecular weight excluding hydrogens is 440 g/mol. The zero-order valence-electron chi connectivity index (χ0n) is 20.5. The Labute approximate surface area is 207 Å². The Balaban J connectivity index is 1.41. The van der Waals surface area contributed by atoms with Crippen molar-refractivity contribution in [2.75, 3.05) is 13.2 Å². The largest absolute Gasteiger partial charge is 0.494 e. The molecule has 0 saturated carbocycles. The summed E-state index contributed by atoms with van der Waals surface area (Å²) in [6, 6.07) is 24.6. The first kappa shape index (κ1) is 25.8. The first-order chi connectivity index (χ1) is 16.9. The second-order valence-electron chi connectivity index (χ2n) is 8.56. The topological polar surface area (TPSA) is 61.8 Å². The van der Waals surface area contributed by atoms with Gasteiger partial charge in [-0.2, -0.15) is 0 Å². The number of benzene rings is 3. The summed E-state index contributed by atoms with van der Waals surface area (Å²) in [5.74, 6) is 0.926. The fourth-order valence-corrected chi connectivity index (χ4v) is 3.38. The second-order valence-corrected chi connectivity index (χ2v) is 8.56. The van der Waals surface area contributed by atoms with Crippen LogP contribution in [0.4, 0.5) is 0 Å². The Morgan fingerprint density at radius 3 is 2.17 bits per heavy atom. The number of carbonyl (C=O) groups is 2. The molecule has 0 atom stereocenters. The summed E-state index contributed by atoms with van der Waals surface area (Å²) >= 11 is 0. The lowest BCUT2D eigenvalue weighted by Crippen LogP contribution is -2.39. The summed E-state index contributed by atoms with van der Waals surface area (Å²) in [4.78, 5) is 24.3. The molecule has 3 rings (SSSR count). The molecule has 0 aromatic heterocycles. The summed E-state index contributed by atoms with van der Waals surface area (Å²) in [6.07, 6.45) is 5.09. The average Bonchev–Trinajstić information content (AvgIpc) is 2.87. The molecule has 0 aliphatic heterocycles. The summed E-state index contributed by atoms with van der Waals surface area (Å²) in [6.45, 7) is 6.05. The molecule has 0 aliphatic carbocycles. The molecule has 0 amide bonds. The van der Waals surface area contributed by atoms with Crippen molar-refractivity contribution in [1.29, 1.82) is 0 Å². The van der Waals surface area contributed by atoms with Gasteiger partial charge in [0, 0.05) is 5.56 Å². The van der Waals surface area contributed by atoms with Crippen LogP contribution < -0.4 is 9.47 Å². The van der Waals surface area contributed by atoms with Crippen molar-refractivity contribution in [3.05, 3.63) is 102 Å². The van der Waals surface area contributed by atoms with E-state index in [1.165, 1.54) is 0 Å². The van der Waals surface area contributed by atoms with E-state index < -0.39 is 5.60 Å². The number of ether oxygens (including phenoxy) is 3. The van der Waals surface area contributed by atoms with Crippen LogP contribution in [0.1, 0.15) is 48.7 Å². The van der Waals surface area contributed by atoms with E-state index in [9.17, 15) is 9.59 Å². The lowest BCUT2D eigenvalue weighted by Gasteiger charge is -2.24. The molecule has 182 valence electrons. The minimum absolute atomic E-state index is 0.0431. The van der Waals surface area contributed by atoms with Crippen molar-refractivity contribution in [2.24, 2.45) is 0 Å². The Hall–Kier alpha value is -3.86. The predicted molar refractivity (Wildman–Crippen MR) is 138 cm³/mol. The van der Waals surface area contributed by atoms with Gasteiger partial charge in [0.15, 0.2) is 11.4 Å². The molecular formula is C30H32O5. The number of allylic oxidation sites excluding steroid dienone is 1. The molecule has 3 aromatic rings. The van der Waals surface area contributed by atoms with Crippen molar-refractivity contribution in [2.45, 2.75) is 39.2 Å². The Kier molecular flexibility index (Phi) is 9.24. The van der Waals surface area contributed by atoms with E-state index in [0.717, 1.165) is 29.7 Å². The van der Waals surface area contributed by atoms with Gasteiger partial charge in [0.2, 0.25) is 0 Å². The molecule has 3 aromatic carbocycles. The number of aryl methyl sites for hydroxylation is 1. The van der Waals surface area contributed by atoms with Gasteiger partial charge in [-0.3, -0.25) is 4.79 Å². The van der Waals surface area contributed by atoms with Crippen LogP contribution in [-0.2, 0) is 16.0 Å². The van der Waals surface area contributed by atoms with E-state index in [-0.39, 0.29) is 11.8 Å². The normalized spacial score (nSPS) is 11.3. The van der Waals surface area contributed by atoms with Gasteiger partial charge in [0.25, 0.3) is 0 Å². The van der Waals surface area contributed by atoms with Crippen LogP contribution >= 0.6 is 0 Å². The van der Waals surface area contributed by atoms with Gasteiger partial charge in [0.1, 0.15) is 11.5 Å². The molecule has 0 bridgehead atoms. The van der Waals surface area contributed by atoms with Crippen molar-refractivity contribution < 1.29 is 23.8 Å². The minimum Gasteiger partial charge on any atom is -0.494 e. The molecule has 0 N–H and O–H groups in total. The van der Waals surface area contributed by atoms with Crippen molar-refractivity contribution in [3.8, 4) is 11.5 Å². The van der Waals surface area contributed by atoms with Gasteiger partial charge in [0.05, 0.1) is 13.2 Å². The monoisotopic (exact) mass is 472 g/mol. The Morgan fingerprint density at radius 2 is 1.51 bits per heavy atom. The van der Waals surface area contributed by atoms with E-state index >= 15 is 0 Å². The maximum absolute atomic E-state index is 12.4. The van der Waals surface area contributed by atoms with Crippen LogP contribution in [0.3, 0.4) is 0 Å². The zero-order valence-corrected chi connectivity index (χ0v) is 20.5. The van der Waals surface area contributed by atoms with E-state index in [0.29, 0.717) is 24.5 Å². The summed E-state index contributed by atoms with van der Waals surface area (Å²) < 4.78 is 16.7. The fourth-order valence-electron chi connectivity index (χ4n) is 3.38. The highest BCUT2D eigenvalue weighted by molar-refractivity contribution is 6.06. The molecule has 0 spiro atoms. The number of hydrogen-bond acceptors (Lipinski definition) is 5. The van der Waals surface area contributed by atoms with Gasteiger partial charge >= 0.3 is 5.97 Å². The van der Waals surface area contributed by atoms with E-state index in [4.69, 9.17) is 14.2 Å². The van der Waals surface area contributed by atoms with Gasteiger partial charge in [-0.1, -0.05) is 48.5 Å². The lowest BCUT2D eigenvalue weighted by atomic mass is 10.1. The number of carbonyl (C=O) groups excluding carboxylic acids is 2. The molecule has 0 fully saturated rings. The van der Waals surface area contributed by atoms with E-state index in [1.54, 1.807) is 39.0 Å². The molecule has 0 unspecified atom stereocenters. The highest BCUT2D eigenvalue weighted by Gasteiger charge is 2.31. The number of ketones is 1. The number of hydrogen-bond donors (Lipinski definition) is 0. The van der Waals surface area contributed by atoms with Crippen LogP contribution in [-0.4, -0.2) is 30.6 Å².